The standard InChI is InChI=1S/C21H20ClFN2O2/c1-4-25(12-14-5-8-20(27-3)18(23)9-14)21(26)17-11-15-10-16(22)6-7-19(15)24-13(17)2/h5-11H,4,12H2,1-3H3. The predicted octanol–water partition coefficient (Wildman–Crippen LogP) is 5.01. The smallest absolute Gasteiger partial charge is 0.256 e. The first kappa shape index (κ1) is 19.1. The molecule has 0 bridgehead atoms. The number of methoxy groups -OCH3 is 1. The summed E-state index contributed by atoms with van der Waals surface area (Å²) in [6, 6.07) is 11.9. The predicted molar refractivity (Wildman–Crippen MR) is 105 cm³/mol. The Labute approximate surface area is 162 Å². The average molecular weight is 387 g/mol. The van der Waals surface area contributed by atoms with Crippen molar-refractivity contribution < 1.29 is 13.9 Å². The number of carbonyl (C=O) groups excluding carboxylic acids is 1. The van der Waals surface area contributed by atoms with E-state index < -0.39 is 5.82 Å². The highest BCUT2D eigenvalue weighted by atomic mass is 35.5. The van der Waals surface area contributed by atoms with Gasteiger partial charge in [-0.2, -0.15) is 0 Å². The quantitative estimate of drug-likeness (QED) is 0.619. The van der Waals surface area contributed by atoms with Crippen molar-refractivity contribution in [2.45, 2.75) is 20.4 Å². The minimum atomic E-state index is -0.448. The summed E-state index contributed by atoms with van der Waals surface area (Å²) in [5, 5.41) is 1.40. The molecule has 0 radical (unpaired) electrons. The number of amides is 1. The molecular weight excluding hydrogens is 367 g/mol. The maximum atomic E-state index is 14.0. The number of ether oxygens (including phenoxy) is 1. The zero-order valence-corrected chi connectivity index (χ0v) is 16.2. The van der Waals surface area contributed by atoms with Crippen molar-refractivity contribution in [2.24, 2.45) is 0 Å². The molecule has 0 spiro atoms. The number of hydrogen-bond acceptors (Lipinski definition) is 3. The minimum absolute atomic E-state index is 0.152. The molecule has 6 heteroatoms. The Kier molecular flexibility index (Phi) is 5.61. The molecule has 0 N–H and O–H groups in total. The van der Waals surface area contributed by atoms with Crippen LogP contribution in [0.4, 0.5) is 4.39 Å². The lowest BCUT2D eigenvalue weighted by Crippen LogP contribution is -2.31. The minimum Gasteiger partial charge on any atom is -0.494 e. The van der Waals surface area contributed by atoms with Crippen LogP contribution in [0.3, 0.4) is 0 Å². The highest BCUT2D eigenvalue weighted by Gasteiger charge is 2.19. The van der Waals surface area contributed by atoms with E-state index >= 15 is 0 Å². The van der Waals surface area contributed by atoms with E-state index in [-0.39, 0.29) is 11.7 Å². The van der Waals surface area contributed by atoms with Crippen LogP contribution < -0.4 is 4.74 Å². The van der Waals surface area contributed by atoms with Gasteiger partial charge in [0.05, 0.1) is 23.9 Å². The largest absolute Gasteiger partial charge is 0.494 e. The summed E-state index contributed by atoms with van der Waals surface area (Å²) in [5.74, 6) is -0.420. The number of pyridine rings is 1. The number of hydrogen-bond donors (Lipinski definition) is 0. The molecule has 4 nitrogen and oxygen atoms in total. The van der Waals surface area contributed by atoms with Gasteiger partial charge in [-0.15, -0.1) is 0 Å². The van der Waals surface area contributed by atoms with Crippen LogP contribution in [-0.4, -0.2) is 29.4 Å². The third kappa shape index (κ3) is 4.03. The highest BCUT2D eigenvalue weighted by Crippen LogP contribution is 2.23. The molecule has 1 aromatic heterocycles. The molecule has 0 saturated heterocycles. The first-order valence-corrected chi connectivity index (χ1v) is 8.99. The van der Waals surface area contributed by atoms with Crippen LogP contribution >= 0.6 is 11.6 Å². The third-order valence-electron chi connectivity index (χ3n) is 4.46. The van der Waals surface area contributed by atoms with E-state index in [1.807, 2.05) is 26.0 Å². The number of benzene rings is 2. The lowest BCUT2D eigenvalue weighted by atomic mass is 10.1. The maximum absolute atomic E-state index is 14.0. The van der Waals surface area contributed by atoms with Gasteiger partial charge < -0.3 is 9.64 Å². The van der Waals surface area contributed by atoms with E-state index in [1.165, 1.54) is 13.2 Å². The summed E-state index contributed by atoms with van der Waals surface area (Å²) in [6.45, 7) is 4.48. The number of nitrogens with zero attached hydrogens (tertiary/aromatic N) is 2. The zero-order chi connectivity index (χ0) is 19.6. The Bertz CT molecular complexity index is 1010. The van der Waals surface area contributed by atoms with Gasteiger partial charge in [0.25, 0.3) is 5.91 Å². The number of rotatable bonds is 5. The van der Waals surface area contributed by atoms with E-state index in [9.17, 15) is 9.18 Å². The molecule has 0 aliphatic heterocycles. The summed E-state index contributed by atoms with van der Waals surface area (Å²) in [7, 11) is 1.42. The van der Waals surface area contributed by atoms with E-state index in [2.05, 4.69) is 4.98 Å². The molecule has 0 aliphatic rings. The molecule has 0 unspecified atom stereocenters. The number of halogens is 2. The molecule has 140 valence electrons. The van der Waals surface area contributed by atoms with Gasteiger partial charge in [-0.3, -0.25) is 9.78 Å². The lowest BCUT2D eigenvalue weighted by molar-refractivity contribution is 0.0751. The van der Waals surface area contributed by atoms with Crippen molar-refractivity contribution in [1.29, 1.82) is 0 Å². The van der Waals surface area contributed by atoms with Gasteiger partial charge in [0.1, 0.15) is 0 Å². The molecule has 27 heavy (non-hydrogen) atoms. The number of aromatic nitrogens is 1. The fourth-order valence-corrected chi connectivity index (χ4v) is 3.17. The molecule has 0 aliphatic carbocycles. The number of carbonyl (C=O) groups is 1. The monoisotopic (exact) mass is 386 g/mol. The van der Waals surface area contributed by atoms with Crippen LogP contribution in [0.15, 0.2) is 42.5 Å². The Hall–Kier alpha value is -2.66. The van der Waals surface area contributed by atoms with Crippen molar-refractivity contribution in [3.63, 3.8) is 0 Å². The Morgan fingerprint density at radius 3 is 2.67 bits per heavy atom. The van der Waals surface area contributed by atoms with Crippen molar-refractivity contribution in [1.82, 2.24) is 9.88 Å². The SMILES string of the molecule is CCN(Cc1ccc(OC)c(F)c1)C(=O)c1cc2cc(Cl)ccc2nc1C. The molecule has 2 aromatic carbocycles. The molecule has 1 heterocycles. The topological polar surface area (TPSA) is 42.4 Å². The van der Waals surface area contributed by atoms with Crippen LogP contribution in [0.25, 0.3) is 10.9 Å². The van der Waals surface area contributed by atoms with E-state index in [1.54, 1.807) is 29.2 Å². The molecule has 0 saturated carbocycles. The molecular formula is C21H20ClFN2O2. The van der Waals surface area contributed by atoms with Crippen molar-refractivity contribution >= 4 is 28.4 Å². The van der Waals surface area contributed by atoms with Crippen molar-refractivity contribution in [3.8, 4) is 5.75 Å². The highest BCUT2D eigenvalue weighted by molar-refractivity contribution is 6.31. The van der Waals surface area contributed by atoms with Crippen LogP contribution in [0, 0.1) is 12.7 Å². The van der Waals surface area contributed by atoms with Crippen LogP contribution in [0.2, 0.25) is 5.02 Å². The second-order valence-corrected chi connectivity index (χ2v) is 6.68. The van der Waals surface area contributed by atoms with E-state index in [0.717, 1.165) is 10.9 Å². The Morgan fingerprint density at radius 2 is 2.00 bits per heavy atom. The summed E-state index contributed by atoms with van der Waals surface area (Å²) < 4.78 is 18.9. The maximum Gasteiger partial charge on any atom is 0.256 e. The molecule has 1 amide bonds. The number of fused-ring (bicyclic) bond motifs is 1. The molecule has 3 rings (SSSR count). The molecule has 0 fully saturated rings. The molecule has 0 atom stereocenters. The van der Waals surface area contributed by atoms with Crippen LogP contribution in [-0.2, 0) is 6.54 Å². The summed E-state index contributed by atoms with van der Waals surface area (Å²) in [5.41, 5.74) is 2.64. The second-order valence-electron chi connectivity index (χ2n) is 6.25. The summed E-state index contributed by atoms with van der Waals surface area (Å²) >= 11 is 6.06. The van der Waals surface area contributed by atoms with Gasteiger partial charge in [0.2, 0.25) is 0 Å². The number of aryl methyl sites for hydroxylation is 1. The first-order chi connectivity index (χ1) is 12.9. The first-order valence-electron chi connectivity index (χ1n) is 8.61. The van der Waals surface area contributed by atoms with Crippen molar-refractivity contribution in [3.05, 3.63) is 70.1 Å². The fraction of sp³-hybridized carbons (Fsp3) is 0.238. The normalized spacial score (nSPS) is 10.9. The van der Waals surface area contributed by atoms with Gasteiger partial charge >= 0.3 is 0 Å². The van der Waals surface area contributed by atoms with Gasteiger partial charge in [-0.25, -0.2) is 4.39 Å². The zero-order valence-electron chi connectivity index (χ0n) is 15.4. The lowest BCUT2D eigenvalue weighted by Gasteiger charge is -2.22. The second kappa shape index (κ2) is 7.92. The summed E-state index contributed by atoms with van der Waals surface area (Å²) in [4.78, 5) is 19.2. The molecule has 3 aromatic rings. The fourth-order valence-electron chi connectivity index (χ4n) is 2.99. The average Bonchev–Trinajstić information content (AvgIpc) is 2.65. The van der Waals surface area contributed by atoms with Crippen LogP contribution in [0.5, 0.6) is 5.75 Å². The van der Waals surface area contributed by atoms with Gasteiger partial charge in [-0.1, -0.05) is 17.7 Å². The van der Waals surface area contributed by atoms with E-state index in [4.69, 9.17) is 16.3 Å². The Morgan fingerprint density at radius 1 is 1.22 bits per heavy atom. The van der Waals surface area contributed by atoms with Gasteiger partial charge in [-0.05, 0) is 55.8 Å². The van der Waals surface area contributed by atoms with Crippen LogP contribution in [0.1, 0.15) is 28.5 Å². The van der Waals surface area contributed by atoms with Crippen molar-refractivity contribution in [2.75, 3.05) is 13.7 Å². The van der Waals surface area contributed by atoms with E-state index in [0.29, 0.717) is 34.9 Å². The summed E-state index contributed by atoms with van der Waals surface area (Å²) in [6.07, 6.45) is 0. The van der Waals surface area contributed by atoms with Gasteiger partial charge in [0, 0.05) is 23.5 Å². The third-order valence-corrected chi connectivity index (χ3v) is 4.69. The van der Waals surface area contributed by atoms with Gasteiger partial charge in [0.15, 0.2) is 11.6 Å². The Balaban J connectivity index is 1.91.